The average molecular weight is 316 g/mol. The smallest absolute Gasteiger partial charge is 0.187 e. The maximum atomic E-state index is 12.1. The zero-order valence-electron chi connectivity index (χ0n) is 12.6. The molecule has 0 amide bonds. The van der Waals surface area contributed by atoms with Crippen LogP contribution in [0.2, 0.25) is 5.02 Å². The minimum atomic E-state index is -0.0624. The van der Waals surface area contributed by atoms with Gasteiger partial charge in [0, 0.05) is 28.0 Å². The van der Waals surface area contributed by atoms with Gasteiger partial charge in [0.2, 0.25) is 0 Å². The molecule has 0 unspecified atom stereocenters. The number of anilines is 1. The average Bonchev–Trinajstić information content (AvgIpc) is 2.50. The Bertz CT molecular complexity index is 660. The van der Waals surface area contributed by atoms with Crippen LogP contribution in [0, 0.1) is 0 Å². The van der Waals surface area contributed by atoms with Crippen molar-refractivity contribution in [2.24, 2.45) is 0 Å². The van der Waals surface area contributed by atoms with E-state index in [2.05, 4.69) is 5.32 Å². The lowest BCUT2D eigenvalue weighted by atomic mass is 10.1. The molecule has 0 saturated heterocycles. The Labute approximate surface area is 135 Å². The van der Waals surface area contributed by atoms with Crippen molar-refractivity contribution in [1.82, 2.24) is 0 Å². The van der Waals surface area contributed by atoms with E-state index < -0.39 is 0 Å². The van der Waals surface area contributed by atoms with Crippen LogP contribution in [0.15, 0.2) is 60.3 Å². The number of carbonyl (C=O) groups excluding carboxylic acids is 1. The molecule has 0 aliphatic carbocycles. The number of hydrogen-bond donors (Lipinski definition) is 1. The summed E-state index contributed by atoms with van der Waals surface area (Å²) < 4.78 is 5.39. The van der Waals surface area contributed by atoms with Crippen molar-refractivity contribution in [3.05, 3.63) is 70.9 Å². The van der Waals surface area contributed by atoms with Crippen LogP contribution < -0.4 is 10.1 Å². The normalized spacial score (nSPS) is 11.1. The fourth-order valence-electron chi connectivity index (χ4n) is 1.96. The van der Waals surface area contributed by atoms with Gasteiger partial charge < -0.3 is 10.1 Å². The molecule has 22 heavy (non-hydrogen) atoms. The number of benzene rings is 2. The monoisotopic (exact) mass is 315 g/mol. The van der Waals surface area contributed by atoms with E-state index in [0.29, 0.717) is 17.2 Å². The standard InChI is InChI=1S/C18H18ClNO2/c1-3-22-17-10-8-16(9-11-17)20-13(2)12-18(21)14-4-6-15(19)7-5-14/h4-12,20H,3H2,1-2H3/b13-12+. The zero-order chi connectivity index (χ0) is 15.9. The maximum absolute atomic E-state index is 12.1. The summed E-state index contributed by atoms with van der Waals surface area (Å²) in [5, 5.41) is 3.80. The molecule has 0 fully saturated rings. The molecule has 0 heterocycles. The van der Waals surface area contributed by atoms with Crippen LogP contribution >= 0.6 is 11.6 Å². The molecule has 3 nitrogen and oxygen atoms in total. The van der Waals surface area contributed by atoms with Gasteiger partial charge in [-0.2, -0.15) is 0 Å². The van der Waals surface area contributed by atoms with Gasteiger partial charge in [-0.1, -0.05) is 11.6 Å². The second-order valence-corrected chi connectivity index (χ2v) is 5.22. The van der Waals surface area contributed by atoms with Gasteiger partial charge in [-0.05, 0) is 62.4 Å². The number of hydrogen-bond acceptors (Lipinski definition) is 3. The van der Waals surface area contributed by atoms with Gasteiger partial charge in [-0.3, -0.25) is 4.79 Å². The van der Waals surface area contributed by atoms with Gasteiger partial charge in [0.05, 0.1) is 6.61 Å². The van der Waals surface area contributed by atoms with E-state index in [1.54, 1.807) is 30.3 Å². The van der Waals surface area contributed by atoms with Gasteiger partial charge in [-0.25, -0.2) is 0 Å². The van der Waals surface area contributed by atoms with Gasteiger partial charge in [0.1, 0.15) is 5.75 Å². The van der Waals surface area contributed by atoms with Crippen LogP contribution in [0.5, 0.6) is 5.75 Å². The van der Waals surface area contributed by atoms with Gasteiger partial charge in [-0.15, -0.1) is 0 Å². The Morgan fingerprint density at radius 1 is 1.14 bits per heavy atom. The van der Waals surface area contributed by atoms with Crippen molar-refractivity contribution in [2.75, 3.05) is 11.9 Å². The summed E-state index contributed by atoms with van der Waals surface area (Å²) in [6, 6.07) is 14.4. The lowest BCUT2D eigenvalue weighted by Crippen LogP contribution is -2.01. The number of nitrogens with one attached hydrogen (secondary N) is 1. The molecule has 0 bridgehead atoms. The van der Waals surface area contributed by atoms with Crippen molar-refractivity contribution >= 4 is 23.1 Å². The zero-order valence-corrected chi connectivity index (χ0v) is 13.4. The third-order valence-corrected chi connectivity index (χ3v) is 3.24. The molecule has 2 aromatic carbocycles. The quantitative estimate of drug-likeness (QED) is 0.606. The van der Waals surface area contributed by atoms with Crippen molar-refractivity contribution < 1.29 is 9.53 Å². The Kier molecular flexibility index (Phi) is 5.61. The van der Waals surface area contributed by atoms with E-state index in [0.717, 1.165) is 17.1 Å². The number of rotatable bonds is 6. The van der Waals surface area contributed by atoms with Crippen molar-refractivity contribution in [3.63, 3.8) is 0 Å². The van der Waals surface area contributed by atoms with Crippen LogP contribution in [0.4, 0.5) is 5.69 Å². The highest BCUT2D eigenvalue weighted by molar-refractivity contribution is 6.30. The molecule has 4 heteroatoms. The fourth-order valence-corrected chi connectivity index (χ4v) is 2.09. The van der Waals surface area contributed by atoms with E-state index in [1.807, 2.05) is 38.1 Å². The summed E-state index contributed by atoms with van der Waals surface area (Å²) >= 11 is 5.82. The maximum Gasteiger partial charge on any atom is 0.187 e. The van der Waals surface area contributed by atoms with Crippen LogP contribution in [0.25, 0.3) is 0 Å². The van der Waals surface area contributed by atoms with Gasteiger partial charge in [0.15, 0.2) is 5.78 Å². The highest BCUT2D eigenvalue weighted by atomic mass is 35.5. The predicted octanol–water partition coefficient (Wildman–Crippen LogP) is 4.94. The molecule has 0 atom stereocenters. The molecule has 114 valence electrons. The molecule has 0 aliphatic rings. The Balaban J connectivity index is 2.02. The highest BCUT2D eigenvalue weighted by Gasteiger charge is 2.03. The topological polar surface area (TPSA) is 38.3 Å². The first kappa shape index (κ1) is 16.1. The van der Waals surface area contributed by atoms with Crippen molar-refractivity contribution in [1.29, 1.82) is 0 Å². The van der Waals surface area contributed by atoms with Crippen molar-refractivity contribution in [3.8, 4) is 5.75 Å². The first-order valence-electron chi connectivity index (χ1n) is 7.06. The van der Waals surface area contributed by atoms with Gasteiger partial charge >= 0.3 is 0 Å². The summed E-state index contributed by atoms with van der Waals surface area (Å²) in [6.45, 7) is 4.44. The first-order valence-corrected chi connectivity index (χ1v) is 7.44. The van der Waals surface area contributed by atoms with Crippen LogP contribution in [-0.2, 0) is 0 Å². The molecule has 1 N–H and O–H groups in total. The number of ketones is 1. The van der Waals surface area contributed by atoms with E-state index in [9.17, 15) is 4.79 Å². The Hall–Kier alpha value is -2.26. The lowest BCUT2D eigenvalue weighted by Gasteiger charge is -2.08. The molecule has 0 aromatic heterocycles. The van der Waals surface area contributed by atoms with E-state index in [1.165, 1.54) is 0 Å². The molecular weight excluding hydrogens is 298 g/mol. The summed E-state index contributed by atoms with van der Waals surface area (Å²) in [5.41, 5.74) is 2.28. The summed E-state index contributed by atoms with van der Waals surface area (Å²) in [6.07, 6.45) is 1.57. The number of carbonyl (C=O) groups is 1. The number of allylic oxidation sites excluding steroid dienone is 2. The summed E-state index contributed by atoms with van der Waals surface area (Å²) in [5.74, 6) is 0.763. The molecule has 0 saturated carbocycles. The lowest BCUT2D eigenvalue weighted by molar-refractivity contribution is 0.104. The van der Waals surface area contributed by atoms with Crippen molar-refractivity contribution in [2.45, 2.75) is 13.8 Å². The van der Waals surface area contributed by atoms with Crippen LogP contribution in [-0.4, -0.2) is 12.4 Å². The third kappa shape index (κ3) is 4.64. The van der Waals surface area contributed by atoms with E-state index in [-0.39, 0.29) is 5.78 Å². The minimum absolute atomic E-state index is 0.0624. The third-order valence-electron chi connectivity index (χ3n) is 2.98. The Morgan fingerprint density at radius 2 is 1.77 bits per heavy atom. The summed E-state index contributed by atoms with van der Waals surface area (Å²) in [4.78, 5) is 12.1. The van der Waals surface area contributed by atoms with E-state index in [4.69, 9.17) is 16.3 Å². The molecular formula is C18H18ClNO2. The minimum Gasteiger partial charge on any atom is -0.494 e. The predicted molar refractivity (Wildman–Crippen MR) is 90.8 cm³/mol. The van der Waals surface area contributed by atoms with Crippen LogP contribution in [0.3, 0.4) is 0 Å². The molecule has 0 radical (unpaired) electrons. The number of halogens is 1. The second-order valence-electron chi connectivity index (χ2n) is 4.78. The summed E-state index contributed by atoms with van der Waals surface area (Å²) in [7, 11) is 0. The molecule has 2 aromatic rings. The SMILES string of the molecule is CCOc1ccc(N/C(C)=C/C(=O)c2ccc(Cl)cc2)cc1. The first-order chi connectivity index (χ1) is 10.6. The Morgan fingerprint density at radius 3 is 2.36 bits per heavy atom. The van der Waals surface area contributed by atoms with Crippen LogP contribution in [0.1, 0.15) is 24.2 Å². The van der Waals surface area contributed by atoms with E-state index >= 15 is 0 Å². The highest BCUT2D eigenvalue weighted by Crippen LogP contribution is 2.17. The number of ether oxygens (including phenoxy) is 1. The molecule has 0 aliphatic heterocycles. The fraction of sp³-hybridized carbons (Fsp3) is 0.167. The largest absolute Gasteiger partial charge is 0.494 e. The molecule has 2 rings (SSSR count). The van der Waals surface area contributed by atoms with Gasteiger partial charge in [0.25, 0.3) is 0 Å². The second kappa shape index (κ2) is 7.66. The molecule has 0 spiro atoms.